The molecule has 0 saturated heterocycles. The van der Waals surface area contributed by atoms with Crippen molar-refractivity contribution in [2.24, 2.45) is 5.92 Å². The summed E-state index contributed by atoms with van der Waals surface area (Å²) in [5.74, 6) is 2.50. The van der Waals surface area contributed by atoms with E-state index in [9.17, 15) is 0 Å². The van der Waals surface area contributed by atoms with Gasteiger partial charge >= 0.3 is 0 Å². The van der Waals surface area contributed by atoms with Gasteiger partial charge in [-0.3, -0.25) is 0 Å². The topological polar surface area (TPSA) is 39.1 Å². The molecule has 0 unspecified atom stereocenters. The molecule has 0 radical (unpaired) electrons. The molecular formula is C17H25N3O. The molecule has 21 heavy (non-hydrogen) atoms. The number of hydrogen-bond donors (Lipinski definition) is 1. The molecule has 0 aliphatic rings. The van der Waals surface area contributed by atoms with Crippen molar-refractivity contribution in [1.82, 2.24) is 9.55 Å². The lowest BCUT2D eigenvalue weighted by Gasteiger charge is -2.11. The zero-order valence-corrected chi connectivity index (χ0v) is 13.2. The van der Waals surface area contributed by atoms with Gasteiger partial charge in [-0.25, -0.2) is 4.98 Å². The molecule has 0 amide bonds. The van der Waals surface area contributed by atoms with E-state index in [2.05, 4.69) is 34.9 Å². The second-order valence-electron chi connectivity index (χ2n) is 5.69. The second kappa shape index (κ2) is 7.72. The Morgan fingerprint density at radius 2 is 2.00 bits per heavy atom. The Morgan fingerprint density at radius 3 is 2.71 bits per heavy atom. The number of anilines is 1. The maximum absolute atomic E-state index is 5.72. The number of aromatic nitrogens is 2. The third-order valence-electron chi connectivity index (χ3n) is 3.12. The molecule has 0 aliphatic carbocycles. The van der Waals surface area contributed by atoms with Crippen LogP contribution >= 0.6 is 0 Å². The first-order chi connectivity index (χ1) is 10.1. The van der Waals surface area contributed by atoms with Crippen molar-refractivity contribution in [3.63, 3.8) is 0 Å². The summed E-state index contributed by atoms with van der Waals surface area (Å²) in [6, 6.07) is 9.94. The first kappa shape index (κ1) is 15.4. The Hall–Kier alpha value is -1.97. The number of benzene rings is 1. The van der Waals surface area contributed by atoms with Gasteiger partial charge in [0.2, 0.25) is 5.95 Å². The van der Waals surface area contributed by atoms with Gasteiger partial charge in [0.1, 0.15) is 5.75 Å². The third-order valence-corrected chi connectivity index (χ3v) is 3.12. The molecule has 0 bridgehead atoms. The molecule has 1 aromatic carbocycles. The molecule has 2 aromatic rings. The van der Waals surface area contributed by atoms with Crippen molar-refractivity contribution in [1.29, 1.82) is 0 Å². The molecule has 1 heterocycles. The molecule has 0 saturated carbocycles. The molecule has 1 aromatic heterocycles. The first-order valence-electron chi connectivity index (χ1n) is 7.60. The quantitative estimate of drug-likeness (QED) is 0.752. The van der Waals surface area contributed by atoms with Crippen LogP contribution in [0.15, 0.2) is 36.5 Å². The number of hydrogen-bond acceptors (Lipinski definition) is 3. The third kappa shape index (κ3) is 5.14. The Kier molecular flexibility index (Phi) is 5.67. The van der Waals surface area contributed by atoms with Crippen LogP contribution in [-0.4, -0.2) is 22.7 Å². The molecule has 0 spiro atoms. The van der Waals surface area contributed by atoms with Gasteiger partial charge in [-0.1, -0.05) is 32.0 Å². The fraction of sp³-hybridized carbons (Fsp3) is 0.471. The molecular weight excluding hydrogens is 262 g/mol. The first-order valence-corrected chi connectivity index (χ1v) is 7.60. The van der Waals surface area contributed by atoms with Crippen LogP contribution in [0.3, 0.4) is 0 Å². The maximum Gasteiger partial charge on any atom is 0.203 e. The smallest absolute Gasteiger partial charge is 0.203 e. The Labute approximate surface area is 127 Å². The van der Waals surface area contributed by atoms with Gasteiger partial charge in [0.05, 0.1) is 12.3 Å². The lowest BCUT2D eigenvalue weighted by molar-refractivity contribution is 0.302. The minimum atomic E-state index is 0.608. The molecule has 0 fully saturated rings. The van der Waals surface area contributed by atoms with Crippen LogP contribution in [0.5, 0.6) is 5.75 Å². The normalized spacial score (nSPS) is 10.9. The van der Waals surface area contributed by atoms with Crippen molar-refractivity contribution in [2.75, 3.05) is 18.5 Å². The van der Waals surface area contributed by atoms with E-state index in [1.54, 1.807) is 0 Å². The lowest BCUT2D eigenvalue weighted by Crippen LogP contribution is -2.13. The molecule has 0 aliphatic heterocycles. The van der Waals surface area contributed by atoms with Crippen LogP contribution in [0.1, 0.15) is 26.0 Å². The summed E-state index contributed by atoms with van der Waals surface area (Å²) in [7, 11) is 0. The number of para-hydroxylation sites is 1. The average molecular weight is 287 g/mol. The molecule has 0 atom stereocenters. The highest BCUT2D eigenvalue weighted by Gasteiger charge is 2.05. The van der Waals surface area contributed by atoms with Gasteiger partial charge in [0.25, 0.3) is 0 Å². The summed E-state index contributed by atoms with van der Waals surface area (Å²) in [6.45, 7) is 8.98. The lowest BCUT2D eigenvalue weighted by atomic mass is 10.2. The van der Waals surface area contributed by atoms with Gasteiger partial charge in [-0.05, 0) is 31.4 Å². The molecule has 114 valence electrons. The predicted molar refractivity (Wildman–Crippen MR) is 86.8 cm³/mol. The summed E-state index contributed by atoms with van der Waals surface area (Å²) >= 11 is 0. The van der Waals surface area contributed by atoms with E-state index in [-0.39, 0.29) is 0 Å². The standard InChI is InChI=1S/C17H25N3O/c1-14(2)12-18-17-19-15(3)13-20(17)10-7-11-21-16-8-5-4-6-9-16/h4-6,8-9,13-14H,7,10-12H2,1-3H3,(H,18,19). The van der Waals surface area contributed by atoms with E-state index in [1.807, 2.05) is 37.3 Å². The van der Waals surface area contributed by atoms with Crippen LogP contribution < -0.4 is 10.1 Å². The summed E-state index contributed by atoms with van der Waals surface area (Å²) in [5.41, 5.74) is 1.05. The highest BCUT2D eigenvalue weighted by atomic mass is 16.5. The van der Waals surface area contributed by atoms with Crippen LogP contribution in [0.4, 0.5) is 5.95 Å². The monoisotopic (exact) mass is 287 g/mol. The van der Waals surface area contributed by atoms with Crippen molar-refractivity contribution in [2.45, 2.75) is 33.7 Å². The van der Waals surface area contributed by atoms with Gasteiger partial charge in [0, 0.05) is 19.3 Å². The predicted octanol–water partition coefficient (Wildman–Crippen LogP) is 3.73. The van der Waals surface area contributed by atoms with Crippen LogP contribution in [-0.2, 0) is 6.54 Å². The van der Waals surface area contributed by atoms with Crippen LogP contribution in [0.25, 0.3) is 0 Å². The maximum atomic E-state index is 5.72. The largest absolute Gasteiger partial charge is 0.494 e. The number of ether oxygens (including phenoxy) is 1. The molecule has 1 N–H and O–H groups in total. The molecule has 4 heteroatoms. The fourth-order valence-electron chi connectivity index (χ4n) is 2.10. The van der Waals surface area contributed by atoms with Crippen LogP contribution in [0.2, 0.25) is 0 Å². The highest BCUT2D eigenvalue weighted by molar-refractivity contribution is 5.28. The van der Waals surface area contributed by atoms with Crippen molar-refractivity contribution in [3.05, 3.63) is 42.2 Å². The van der Waals surface area contributed by atoms with Crippen molar-refractivity contribution < 1.29 is 4.74 Å². The fourth-order valence-corrected chi connectivity index (χ4v) is 2.10. The Morgan fingerprint density at radius 1 is 1.24 bits per heavy atom. The zero-order chi connectivity index (χ0) is 15.1. The Balaban J connectivity index is 1.79. The number of aryl methyl sites for hydroxylation is 2. The van der Waals surface area contributed by atoms with E-state index in [0.717, 1.165) is 36.9 Å². The zero-order valence-electron chi connectivity index (χ0n) is 13.2. The van der Waals surface area contributed by atoms with Gasteiger partial charge in [-0.15, -0.1) is 0 Å². The van der Waals surface area contributed by atoms with E-state index in [1.165, 1.54) is 0 Å². The van der Waals surface area contributed by atoms with Gasteiger partial charge in [-0.2, -0.15) is 0 Å². The SMILES string of the molecule is Cc1cn(CCCOc2ccccc2)c(NCC(C)C)n1. The number of imidazole rings is 1. The van der Waals surface area contributed by atoms with E-state index in [4.69, 9.17) is 4.74 Å². The molecule has 2 rings (SSSR count). The summed E-state index contributed by atoms with van der Waals surface area (Å²) in [6.07, 6.45) is 3.05. The summed E-state index contributed by atoms with van der Waals surface area (Å²) < 4.78 is 7.89. The highest BCUT2D eigenvalue weighted by Crippen LogP contribution is 2.12. The van der Waals surface area contributed by atoms with Crippen molar-refractivity contribution >= 4 is 5.95 Å². The van der Waals surface area contributed by atoms with Gasteiger partial charge < -0.3 is 14.6 Å². The molecule has 4 nitrogen and oxygen atoms in total. The van der Waals surface area contributed by atoms with E-state index in [0.29, 0.717) is 12.5 Å². The van der Waals surface area contributed by atoms with E-state index < -0.39 is 0 Å². The summed E-state index contributed by atoms with van der Waals surface area (Å²) in [5, 5.41) is 3.40. The minimum Gasteiger partial charge on any atom is -0.494 e. The second-order valence-corrected chi connectivity index (χ2v) is 5.69. The number of nitrogens with one attached hydrogen (secondary N) is 1. The minimum absolute atomic E-state index is 0.608. The van der Waals surface area contributed by atoms with Crippen molar-refractivity contribution in [3.8, 4) is 5.75 Å². The number of nitrogens with zero attached hydrogens (tertiary/aromatic N) is 2. The number of rotatable bonds is 8. The average Bonchev–Trinajstić information content (AvgIpc) is 2.83. The van der Waals surface area contributed by atoms with Crippen LogP contribution in [0, 0.1) is 12.8 Å². The van der Waals surface area contributed by atoms with E-state index >= 15 is 0 Å². The van der Waals surface area contributed by atoms with Gasteiger partial charge in [0.15, 0.2) is 0 Å². The Bertz CT molecular complexity index is 534. The summed E-state index contributed by atoms with van der Waals surface area (Å²) in [4.78, 5) is 4.53.